The van der Waals surface area contributed by atoms with Gasteiger partial charge < -0.3 is 5.43 Å². The molecule has 0 aliphatic rings. The van der Waals surface area contributed by atoms with E-state index in [1.165, 1.54) is 19.1 Å². The smallest absolute Gasteiger partial charge is 0.178 e. The molecular formula is C8H11FN2O2S. The molecule has 0 saturated carbocycles. The van der Waals surface area contributed by atoms with E-state index in [4.69, 9.17) is 5.84 Å². The molecule has 1 aromatic carbocycles. The molecule has 0 radical (unpaired) electrons. The van der Waals surface area contributed by atoms with Crippen LogP contribution in [0.4, 0.5) is 10.1 Å². The van der Waals surface area contributed by atoms with Gasteiger partial charge >= 0.3 is 0 Å². The number of nitrogens with two attached hydrogens (primary N) is 1. The van der Waals surface area contributed by atoms with Crippen molar-refractivity contribution < 1.29 is 12.8 Å². The van der Waals surface area contributed by atoms with Gasteiger partial charge in [0.15, 0.2) is 9.84 Å². The van der Waals surface area contributed by atoms with Crippen LogP contribution in [0.2, 0.25) is 0 Å². The van der Waals surface area contributed by atoms with Gasteiger partial charge in [0.25, 0.3) is 0 Å². The number of anilines is 1. The van der Waals surface area contributed by atoms with E-state index >= 15 is 0 Å². The Morgan fingerprint density at radius 2 is 2.14 bits per heavy atom. The molecule has 0 aliphatic carbocycles. The first-order chi connectivity index (χ1) is 6.51. The standard InChI is InChI=1S/C8H11FN2O2S/c1-2-14(12,13)6-3-4-8(11-10)7(9)5-6/h3-5,11H,2,10H2,1H3. The van der Waals surface area contributed by atoms with Crippen LogP contribution in [0.5, 0.6) is 0 Å². The predicted molar refractivity (Wildman–Crippen MR) is 51.9 cm³/mol. The maximum Gasteiger partial charge on any atom is 0.178 e. The largest absolute Gasteiger partial charge is 0.321 e. The molecule has 0 aliphatic heterocycles. The highest BCUT2D eigenvalue weighted by Crippen LogP contribution is 2.18. The highest BCUT2D eigenvalue weighted by molar-refractivity contribution is 7.91. The maximum absolute atomic E-state index is 13.1. The quantitative estimate of drug-likeness (QED) is 0.584. The first-order valence-corrected chi connectivity index (χ1v) is 5.65. The number of halogens is 1. The minimum atomic E-state index is -3.35. The number of rotatable bonds is 3. The summed E-state index contributed by atoms with van der Waals surface area (Å²) in [5.41, 5.74) is 2.19. The summed E-state index contributed by atoms with van der Waals surface area (Å²) < 4.78 is 35.8. The van der Waals surface area contributed by atoms with Gasteiger partial charge in [-0.25, -0.2) is 12.8 Å². The number of hydrogen-bond donors (Lipinski definition) is 2. The van der Waals surface area contributed by atoms with E-state index in [0.29, 0.717) is 0 Å². The van der Waals surface area contributed by atoms with E-state index in [9.17, 15) is 12.8 Å². The topological polar surface area (TPSA) is 72.2 Å². The van der Waals surface area contributed by atoms with Crippen LogP contribution >= 0.6 is 0 Å². The zero-order valence-corrected chi connectivity index (χ0v) is 8.44. The number of sulfone groups is 1. The summed E-state index contributed by atoms with van der Waals surface area (Å²) >= 11 is 0. The summed E-state index contributed by atoms with van der Waals surface area (Å²) in [6.45, 7) is 1.50. The molecule has 0 spiro atoms. The van der Waals surface area contributed by atoms with Gasteiger partial charge in [-0.2, -0.15) is 0 Å². The van der Waals surface area contributed by atoms with E-state index in [-0.39, 0.29) is 16.3 Å². The molecule has 1 rings (SSSR count). The van der Waals surface area contributed by atoms with Gasteiger partial charge in [-0.15, -0.1) is 0 Å². The first kappa shape index (κ1) is 10.9. The second-order valence-electron chi connectivity index (χ2n) is 2.69. The maximum atomic E-state index is 13.1. The van der Waals surface area contributed by atoms with Crippen molar-refractivity contribution in [2.75, 3.05) is 11.2 Å². The molecule has 0 atom stereocenters. The Hall–Kier alpha value is -1.14. The van der Waals surface area contributed by atoms with E-state index in [2.05, 4.69) is 5.43 Å². The molecule has 4 nitrogen and oxygen atoms in total. The fraction of sp³-hybridized carbons (Fsp3) is 0.250. The molecule has 3 N–H and O–H groups in total. The molecule has 0 aromatic heterocycles. The summed E-state index contributed by atoms with van der Waals surface area (Å²) in [7, 11) is -3.35. The van der Waals surface area contributed by atoms with Crippen molar-refractivity contribution in [2.45, 2.75) is 11.8 Å². The Morgan fingerprint density at radius 1 is 1.50 bits per heavy atom. The van der Waals surface area contributed by atoms with Crippen LogP contribution in [-0.4, -0.2) is 14.2 Å². The number of hydrazine groups is 1. The van der Waals surface area contributed by atoms with Crippen molar-refractivity contribution in [1.82, 2.24) is 0 Å². The molecule has 0 amide bonds. The van der Waals surface area contributed by atoms with E-state index in [1.807, 2.05) is 0 Å². The number of hydrogen-bond acceptors (Lipinski definition) is 4. The van der Waals surface area contributed by atoms with Crippen molar-refractivity contribution in [3.63, 3.8) is 0 Å². The van der Waals surface area contributed by atoms with Gasteiger partial charge in [-0.05, 0) is 18.2 Å². The molecule has 14 heavy (non-hydrogen) atoms. The lowest BCUT2D eigenvalue weighted by atomic mass is 10.3. The average Bonchev–Trinajstić information content (AvgIpc) is 2.17. The number of benzene rings is 1. The summed E-state index contributed by atoms with van der Waals surface area (Å²) in [6.07, 6.45) is 0. The Morgan fingerprint density at radius 3 is 2.57 bits per heavy atom. The third-order valence-electron chi connectivity index (χ3n) is 1.84. The van der Waals surface area contributed by atoms with E-state index in [0.717, 1.165) is 6.07 Å². The lowest BCUT2D eigenvalue weighted by Crippen LogP contribution is -2.10. The summed E-state index contributed by atoms with van der Waals surface area (Å²) in [5, 5.41) is 0. The fourth-order valence-corrected chi connectivity index (χ4v) is 1.86. The highest BCUT2D eigenvalue weighted by Gasteiger charge is 2.13. The second-order valence-corrected chi connectivity index (χ2v) is 4.97. The molecule has 78 valence electrons. The van der Waals surface area contributed by atoms with E-state index < -0.39 is 15.7 Å². The molecule has 0 fully saturated rings. The molecule has 6 heteroatoms. The van der Waals surface area contributed by atoms with Crippen LogP contribution in [0.1, 0.15) is 6.92 Å². The minimum Gasteiger partial charge on any atom is -0.321 e. The van der Waals surface area contributed by atoms with Crippen LogP contribution in [0.15, 0.2) is 23.1 Å². The SMILES string of the molecule is CCS(=O)(=O)c1ccc(NN)c(F)c1. The lowest BCUT2D eigenvalue weighted by Gasteiger charge is -2.04. The van der Waals surface area contributed by atoms with Crippen molar-refractivity contribution in [3.8, 4) is 0 Å². The molecule has 0 heterocycles. The zero-order chi connectivity index (χ0) is 10.8. The average molecular weight is 218 g/mol. The van der Waals surface area contributed by atoms with Gasteiger partial charge in [-0.1, -0.05) is 6.92 Å². The third-order valence-corrected chi connectivity index (χ3v) is 3.57. The normalized spacial score (nSPS) is 11.4. The van der Waals surface area contributed by atoms with Gasteiger partial charge in [0, 0.05) is 0 Å². The van der Waals surface area contributed by atoms with Crippen molar-refractivity contribution in [3.05, 3.63) is 24.0 Å². The minimum absolute atomic E-state index is 0.0310. The molecule has 0 saturated heterocycles. The Kier molecular flexibility index (Phi) is 3.07. The van der Waals surface area contributed by atoms with Crippen molar-refractivity contribution in [2.24, 2.45) is 5.84 Å². The summed E-state index contributed by atoms with van der Waals surface area (Å²) in [5.74, 6) is 4.27. The third kappa shape index (κ3) is 2.02. The number of nitrogen functional groups attached to an aromatic ring is 1. The van der Waals surface area contributed by atoms with Crippen molar-refractivity contribution in [1.29, 1.82) is 0 Å². The predicted octanol–water partition coefficient (Wildman–Crippen LogP) is 0.905. The van der Waals surface area contributed by atoms with Crippen molar-refractivity contribution >= 4 is 15.5 Å². The Labute approximate surface area is 81.8 Å². The summed E-state index contributed by atoms with van der Waals surface area (Å²) in [6, 6.07) is 3.56. The molecule has 0 unspecified atom stereocenters. The van der Waals surface area contributed by atoms with Crippen LogP contribution in [0.25, 0.3) is 0 Å². The van der Waals surface area contributed by atoms with Gasteiger partial charge in [0.05, 0.1) is 16.3 Å². The molecule has 1 aromatic rings. The second kappa shape index (κ2) is 3.93. The van der Waals surface area contributed by atoms with Crippen LogP contribution < -0.4 is 11.3 Å². The highest BCUT2D eigenvalue weighted by atomic mass is 32.2. The summed E-state index contributed by atoms with van der Waals surface area (Å²) in [4.78, 5) is -0.0310. The van der Waals surface area contributed by atoms with Gasteiger partial charge in [0.2, 0.25) is 0 Å². The fourth-order valence-electron chi connectivity index (χ4n) is 0.973. The zero-order valence-electron chi connectivity index (χ0n) is 7.62. The van der Waals surface area contributed by atoms with Gasteiger partial charge in [-0.3, -0.25) is 5.84 Å². The van der Waals surface area contributed by atoms with Crippen LogP contribution in [0.3, 0.4) is 0 Å². The lowest BCUT2D eigenvalue weighted by molar-refractivity contribution is 0.592. The van der Waals surface area contributed by atoms with E-state index in [1.54, 1.807) is 0 Å². The molecular weight excluding hydrogens is 207 g/mol. The van der Waals surface area contributed by atoms with Gasteiger partial charge in [0.1, 0.15) is 5.82 Å². The van der Waals surface area contributed by atoms with Crippen LogP contribution in [0, 0.1) is 5.82 Å². The molecule has 0 bridgehead atoms. The Balaban J connectivity index is 3.22. The first-order valence-electron chi connectivity index (χ1n) is 4.00. The van der Waals surface area contributed by atoms with Crippen LogP contribution in [-0.2, 0) is 9.84 Å². The number of nitrogens with one attached hydrogen (secondary N) is 1. The monoisotopic (exact) mass is 218 g/mol. The Bertz CT molecular complexity index is 431.